The molecule has 0 bridgehead atoms. The maximum absolute atomic E-state index is 12.4. The van der Waals surface area contributed by atoms with Gasteiger partial charge in [0.05, 0.1) is 19.3 Å². The minimum atomic E-state index is -0.306. The fourth-order valence-electron chi connectivity index (χ4n) is 3.39. The summed E-state index contributed by atoms with van der Waals surface area (Å²) in [5, 5.41) is 2.84. The number of rotatable bonds is 7. The molecule has 1 heterocycles. The van der Waals surface area contributed by atoms with Gasteiger partial charge in [0.25, 0.3) is 5.91 Å². The minimum absolute atomic E-state index is 0.0406. The van der Waals surface area contributed by atoms with Crippen LogP contribution >= 0.6 is 0 Å². The summed E-state index contributed by atoms with van der Waals surface area (Å²) >= 11 is 0. The summed E-state index contributed by atoms with van der Waals surface area (Å²) in [6.45, 7) is 5.53. The number of likely N-dealkylation sites (tertiary alicyclic amines) is 1. The molecule has 0 saturated carbocycles. The van der Waals surface area contributed by atoms with Crippen LogP contribution in [0.1, 0.15) is 37.0 Å². The van der Waals surface area contributed by atoms with Crippen LogP contribution in [0.25, 0.3) is 0 Å². The number of para-hydroxylation sites is 1. The Bertz CT molecular complexity index is 686. The van der Waals surface area contributed by atoms with Crippen molar-refractivity contribution in [1.82, 2.24) is 15.1 Å². The molecule has 8 heteroatoms. The lowest BCUT2D eigenvalue weighted by Crippen LogP contribution is -2.50. The van der Waals surface area contributed by atoms with E-state index in [-0.39, 0.29) is 23.9 Å². The van der Waals surface area contributed by atoms with E-state index in [4.69, 9.17) is 9.47 Å². The number of nitrogens with zero attached hydrogens (tertiary/aromatic N) is 2. The number of carbonyl (C=O) groups excluding carboxylic acids is 3. The van der Waals surface area contributed by atoms with Crippen molar-refractivity contribution in [3.05, 3.63) is 29.8 Å². The van der Waals surface area contributed by atoms with E-state index in [2.05, 4.69) is 5.32 Å². The van der Waals surface area contributed by atoms with Gasteiger partial charge in [0.2, 0.25) is 5.91 Å². The number of ether oxygens (including phenoxy) is 2. The molecule has 1 fully saturated rings. The highest BCUT2D eigenvalue weighted by atomic mass is 16.6. The Labute approximate surface area is 165 Å². The zero-order valence-electron chi connectivity index (χ0n) is 16.8. The number of methoxy groups -OCH3 is 1. The van der Waals surface area contributed by atoms with Crippen molar-refractivity contribution in [2.45, 2.75) is 32.7 Å². The van der Waals surface area contributed by atoms with E-state index in [0.29, 0.717) is 56.9 Å². The molecule has 0 aliphatic carbocycles. The number of piperidine rings is 1. The summed E-state index contributed by atoms with van der Waals surface area (Å²) in [6, 6.07) is 7.05. The Balaban J connectivity index is 1.86. The van der Waals surface area contributed by atoms with Crippen LogP contribution in [0.15, 0.2) is 24.3 Å². The summed E-state index contributed by atoms with van der Waals surface area (Å²) in [6.07, 6.45) is 1.08. The average Bonchev–Trinajstić information content (AvgIpc) is 2.71. The van der Waals surface area contributed by atoms with Crippen LogP contribution in [-0.2, 0) is 9.53 Å². The van der Waals surface area contributed by atoms with E-state index < -0.39 is 0 Å². The Morgan fingerprint density at radius 3 is 2.50 bits per heavy atom. The van der Waals surface area contributed by atoms with E-state index in [9.17, 15) is 14.4 Å². The van der Waals surface area contributed by atoms with E-state index in [1.54, 1.807) is 41.0 Å². The summed E-state index contributed by atoms with van der Waals surface area (Å²) in [5.41, 5.74) is 0.460. The van der Waals surface area contributed by atoms with Gasteiger partial charge in [-0.3, -0.25) is 9.59 Å². The second-order valence-electron chi connectivity index (χ2n) is 6.59. The van der Waals surface area contributed by atoms with E-state index in [1.165, 1.54) is 14.0 Å². The second-order valence-corrected chi connectivity index (χ2v) is 6.59. The van der Waals surface area contributed by atoms with Crippen molar-refractivity contribution in [2.75, 3.05) is 39.9 Å². The van der Waals surface area contributed by atoms with E-state index in [0.717, 1.165) is 0 Å². The van der Waals surface area contributed by atoms with Crippen molar-refractivity contribution in [3.8, 4) is 5.75 Å². The monoisotopic (exact) mass is 391 g/mol. The standard InChI is InChI=1S/C20H29N3O5/c1-4-28-20(26)22-12-9-16(10-13-22)23(15(2)24)14-11-21-19(25)17-7-5-6-8-18(17)27-3/h5-8,16H,4,9-14H2,1-3H3,(H,21,25). The lowest BCUT2D eigenvalue weighted by atomic mass is 10.0. The number of benzene rings is 1. The zero-order chi connectivity index (χ0) is 20.5. The van der Waals surface area contributed by atoms with Gasteiger partial charge in [-0.05, 0) is 31.9 Å². The van der Waals surface area contributed by atoms with Crippen molar-refractivity contribution < 1.29 is 23.9 Å². The van der Waals surface area contributed by atoms with Gasteiger partial charge in [-0.25, -0.2) is 4.79 Å². The molecule has 0 unspecified atom stereocenters. The number of amides is 3. The number of nitrogens with one attached hydrogen (secondary N) is 1. The highest BCUT2D eigenvalue weighted by Gasteiger charge is 2.28. The Hall–Kier alpha value is -2.77. The lowest BCUT2D eigenvalue weighted by molar-refractivity contribution is -0.131. The number of carbonyl (C=O) groups is 3. The maximum atomic E-state index is 12.4. The first-order chi connectivity index (χ1) is 13.5. The van der Waals surface area contributed by atoms with Gasteiger partial charge in [-0.1, -0.05) is 12.1 Å². The van der Waals surface area contributed by atoms with Crippen LogP contribution in [0.5, 0.6) is 5.75 Å². The number of hydrogen-bond acceptors (Lipinski definition) is 5. The molecule has 1 saturated heterocycles. The molecular weight excluding hydrogens is 362 g/mol. The predicted octanol–water partition coefficient (Wildman–Crippen LogP) is 1.89. The Morgan fingerprint density at radius 1 is 1.21 bits per heavy atom. The topological polar surface area (TPSA) is 88.2 Å². The molecule has 8 nitrogen and oxygen atoms in total. The Morgan fingerprint density at radius 2 is 1.89 bits per heavy atom. The van der Waals surface area contributed by atoms with Crippen LogP contribution in [0, 0.1) is 0 Å². The van der Waals surface area contributed by atoms with Gasteiger partial charge in [0.15, 0.2) is 0 Å². The smallest absolute Gasteiger partial charge is 0.409 e. The summed E-state index contributed by atoms with van der Waals surface area (Å²) in [7, 11) is 1.52. The molecule has 2 rings (SSSR count). The first-order valence-corrected chi connectivity index (χ1v) is 9.58. The van der Waals surface area contributed by atoms with Gasteiger partial charge >= 0.3 is 6.09 Å². The fraction of sp³-hybridized carbons (Fsp3) is 0.550. The molecule has 1 aliphatic heterocycles. The molecule has 1 aromatic carbocycles. The van der Waals surface area contributed by atoms with Crippen LogP contribution < -0.4 is 10.1 Å². The first-order valence-electron chi connectivity index (χ1n) is 9.58. The van der Waals surface area contributed by atoms with Crippen molar-refractivity contribution in [1.29, 1.82) is 0 Å². The van der Waals surface area contributed by atoms with E-state index >= 15 is 0 Å². The molecule has 0 atom stereocenters. The third-order valence-corrected chi connectivity index (χ3v) is 4.83. The van der Waals surface area contributed by atoms with Gasteiger partial charge in [0, 0.05) is 39.1 Å². The average molecular weight is 391 g/mol. The van der Waals surface area contributed by atoms with Crippen molar-refractivity contribution in [2.24, 2.45) is 0 Å². The van der Waals surface area contributed by atoms with Crippen LogP contribution in [0.2, 0.25) is 0 Å². The van der Waals surface area contributed by atoms with Crippen molar-refractivity contribution in [3.63, 3.8) is 0 Å². The van der Waals surface area contributed by atoms with Gasteiger partial charge in [0.1, 0.15) is 5.75 Å². The normalized spacial score (nSPS) is 14.3. The molecule has 154 valence electrons. The van der Waals surface area contributed by atoms with Crippen molar-refractivity contribution >= 4 is 17.9 Å². The third-order valence-electron chi connectivity index (χ3n) is 4.83. The third kappa shape index (κ3) is 5.61. The largest absolute Gasteiger partial charge is 0.496 e. The second kappa shape index (κ2) is 10.5. The van der Waals surface area contributed by atoms with Crippen LogP contribution in [0.3, 0.4) is 0 Å². The molecule has 28 heavy (non-hydrogen) atoms. The quantitative estimate of drug-likeness (QED) is 0.767. The highest BCUT2D eigenvalue weighted by Crippen LogP contribution is 2.18. The zero-order valence-corrected chi connectivity index (χ0v) is 16.8. The molecule has 1 N–H and O–H groups in total. The molecular formula is C20H29N3O5. The first kappa shape index (κ1) is 21.5. The number of hydrogen-bond donors (Lipinski definition) is 1. The summed E-state index contributed by atoms with van der Waals surface area (Å²) in [5.74, 6) is 0.231. The predicted molar refractivity (Wildman–Crippen MR) is 104 cm³/mol. The molecule has 1 aliphatic rings. The Kier molecular flexibility index (Phi) is 8.10. The van der Waals surface area contributed by atoms with Crippen LogP contribution in [-0.4, -0.2) is 73.6 Å². The molecule has 3 amide bonds. The minimum Gasteiger partial charge on any atom is -0.496 e. The summed E-state index contributed by atoms with van der Waals surface area (Å²) in [4.78, 5) is 39.7. The van der Waals surface area contributed by atoms with Crippen LogP contribution in [0.4, 0.5) is 4.79 Å². The molecule has 0 spiro atoms. The van der Waals surface area contributed by atoms with Gasteiger partial charge < -0.3 is 24.6 Å². The summed E-state index contributed by atoms with van der Waals surface area (Å²) < 4.78 is 10.2. The molecule has 0 radical (unpaired) electrons. The van der Waals surface area contributed by atoms with Gasteiger partial charge in [-0.15, -0.1) is 0 Å². The molecule has 1 aromatic rings. The highest BCUT2D eigenvalue weighted by molar-refractivity contribution is 5.96. The SMILES string of the molecule is CCOC(=O)N1CCC(N(CCNC(=O)c2ccccc2OC)C(C)=O)CC1. The van der Waals surface area contributed by atoms with E-state index in [1.807, 2.05) is 0 Å². The lowest BCUT2D eigenvalue weighted by Gasteiger charge is -2.37. The fourth-order valence-corrected chi connectivity index (χ4v) is 3.39. The van der Waals surface area contributed by atoms with Gasteiger partial charge in [-0.2, -0.15) is 0 Å². The molecule has 0 aromatic heterocycles. The maximum Gasteiger partial charge on any atom is 0.409 e.